The molecule has 12 nitrogen and oxygen atoms in total. The summed E-state index contributed by atoms with van der Waals surface area (Å²) in [5, 5.41) is 11.0. The summed E-state index contributed by atoms with van der Waals surface area (Å²) in [4.78, 5) is 20.6. The first-order valence-electron chi connectivity index (χ1n) is 19.3. The molecule has 0 fully saturated rings. The van der Waals surface area contributed by atoms with E-state index >= 15 is 0 Å². The van der Waals surface area contributed by atoms with Crippen LogP contribution in [0.25, 0.3) is 33.8 Å². The number of nitrogens with two attached hydrogens (primary N) is 1. The van der Waals surface area contributed by atoms with Gasteiger partial charge in [0.25, 0.3) is 0 Å². The van der Waals surface area contributed by atoms with Crippen molar-refractivity contribution in [1.29, 1.82) is 0 Å². The number of ether oxygens (including phenoxy) is 3. The maximum Gasteiger partial charge on any atom is 0.408 e. The third kappa shape index (κ3) is 11.7. The number of nitrogens with zero attached hydrogens (tertiary/aromatic N) is 6. The van der Waals surface area contributed by atoms with Crippen LogP contribution in [0.2, 0.25) is 0 Å². The van der Waals surface area contributed by atoms with Gasteiger partial charge in [0, 0.05) is 53.3 Å². The van der Waals surface area contributed by atoms with Gasteiger partial charge in [-0.25, -0.2) is 41.4 Å². The second-order valence-corrected chi connectivity index (χ2v) is 17.0. The van der Waals surface area contributed by atoms with Crippen LogP contribution in [0.1, 0.15) is 75.2 Å². The number of rotatable bonds is 13. The van der Waals surface area contributed by atoms with Crippen molar-refractivity contribution in [3.05, 3.63) is 96.6 Å². The lowest BCUT2D eigenvalue weighted by atomic mass is 9.91. The summed E-state index contributed by atoms with van der Waals surface area (Å²) in [7, 11) is 0. The van der Waals surface area contributed by atoms with Gasteiger partial charge in [0.15, 0.2) is 34.4 Å². The molecule has 16 heteroatoms. The first-order valence-corrected chi connectivity index (χ1v) is 19.3. The van der Waals surface area contributed by atoms with Gasteiger partial charge in [-0.1, -0.05) is 27.7 Å². The van der Waals surface area contributed by atoms with Gasteiger partial charge >= 0.3 is 6.09 Å². The highest BCUT2D eigenvalue weighted by Crippen LogP contribution is 2.32. The Morgan fingerprint density at radius 1 is 0.678 bits per heavy atom. The molecule has 2 aromatic carbocycles. The Balaban J connectivity index is 0.000000230. The average Bonchev–Trinajstić information content (AvgIpc) is 3.81. The molecule has 2 atom stereocenters. The fourth-order valence-electron chi connectivity index (χ4n) is 6.82. The van der Waals surface area contributed by atoms with E-state index in [1.807, 2.05) is 34.6 Å². The summed E-state index contributed by atoms with van der Waals surface area (Å²) >= 11 is 0. The van der Waals surface area contributed by atoms with E-state index in [2.05, 4.69) is 25.5 Å². The molecule has 0 unspecified atom stereocenters. The van der Waals surface area contributed by atoms with Crippen molar-refractivity contribution in [1.82, 2.24) is 34.5 Å². The molecule has 59 heavy (non-hydrogen) atoms. The number of hydrogen-bond acceptors (Lipinski definition) is 9. The lowest BCUT2D eigenvalue weighted by Gasteiger charge is -2.33. The van der Waals surface area contributed by atoms with E-state index in [-0.39, 0.29) is 41.8 Å². The molecule has 4 aromatic heterocycles. The first kappa shape index (κ1) is 44.3. The zero-order valence-electron chi connectivity index (χ0n) is 34.8. The number of alkyl carbamates (subject to hydrolysis) is 1. The first-order chi connectivity index (χ1) is 27.6. The second kappa shape index (κ2) is 18.0. The molecule has 4 heterocycles. The Morgan fingerprint density at radius 3 is 1.58 bits per heavy atom. The van der Waals surface area contributed by atoms with Crippen molar-refractivity contribution in [3.8, 4) is 34.0 Å². The molecule has 6 rings (SSSR count). The molecule has 3 N–H and O–H groups in total. The maximum absolute atomic E-state index is 15.0. The lowest BCUT2D eigenvalue weighted by molar-refractivity contribution is 0.0406. The van der Waals surface area contributed by atoms with E-state index in [0.717, 1.165) is 24.3 Å². The molecule has 0 aliphatic rings. The normalized spacial score (nSPS) is 13.8. The fraction of sp³-hybridized carbons (Fsp3) is 0.419. The van der Waals surface area contributed by atoms with Crippen LogP contribution in [0.4, 0.5) is 22.4 Å². The van der Waals surface area contributed by atoms with Crippen molar-refractivity contribution in [2.75, 3.05) is 13.2 Å². The Labute approximate surface area is 341 Å². The molecule has 0 aliphatic carbocycles. The standard InChI is InChI=1S/C24H30F2N4O3.C19H22F2N4O/c1-15(2)13-24(6,29-22(31)33-23(3,4)5)14-32-20-12-17(25)16(11-18(20)26)19-7-9-27-21-8-10-28-30(19)21;1-12(2)10-19(3,22)11-26-17-9-14(20)13(8-15(17)21)16-4-6-23-18-5-7-24-25(16)18/h7-12,15H,13-14H2,1-6H3,(H,29,31);4-9,12H,10-11,22H2,1-3H3/t24-;19-/m00/s1. The van der Waals surface area contributed by atoms with Gasteiger partial charge in [-0.15, -0.1) is 0 Å². The van der Waals surface area contributed by atoms with E-state index in [1.54, 1.807) is 58.2 Å². The van der Waals surface area contributed by atoms with Crippen LogP contribution in [0.5, 0.6) is 11.5 Å². The number of carbonyl (C=O) groups is 1. The van der Waals surface area contributed by atoms with Gasteiger partial charge in [-0.2, -0.15) is 10.2 Å². The molecule has 0 bridgehead atoms. The molecular formula is C43H52F4N8O4. The van der Waals surface area contributed by atoms with Crippen molar-refractivity contribution in [2.24, 2.45) is 17.6 Å². The molecule has 0 aliphatic heterocycles. The van der Waals surface area contributed by atoms with Gasteiger partial charge < -0.3 is 25.3 Å². The molecule has 0 saturated heterocycles. The molecule has 6 aromatic rings. The average molecular weight is 821 g/mol. The van der Waals surface area contributed by atoms with Gasteiger partial charge in [0.2, 0.25) is 0 Å². The number of benzene rings is 2. The number of hydrogen-bond donors (Lipinski definition) is 2. The third-order valence-electron chi connectivity index (χ3n) is 8.82. The molecule has 0 saturated carbocycles. The number of halogens is 4. The van der Waals surface area contributed by atoms with E-state index in [1.165, 1.54) is 27.6 Å². The van der Waals surface area contributed by atoms with Crippen LogP contribution < -0.4 is 20.5 Å². The van der Waals surface area contributed by atoms with Crippen molar-refractivity contribution in [3.63, 3.8) is 0 Å². The van der Waals surface area contributed by atoms with Crippen molar-refractivity contribution >= 4 is 17.4 Å². The predicted octanol–water partition coefficient (Wildman–Crippen LogP) is 9.20. The topological polar surface area (TPSA) is 143 Å². The van der Waals surface area contributed by atoms with Crippen LogP contribution in [0.3, 0.4) is 0 Å². The zero-order chi connectivity index (χ0) is 43.3. The highest BCUT2D eigenvalue weighted by atomic mass is 19.1. The van der Waals surface area contributed by atoms with E-state index in [4.69, 9.17) is 19.9 Å². The minimum atomic E-state index is -0.857. The van der Waals surface area contributed by atoms with Crippen molar-refractivity contribution < 1.29 is 36.6 Å². The molecular weight excluding hydrogens is 769 g/mol. The van der Waals surface area contributed by atoms with Crippen molar-refractivity contribution in [2.45, 2.75) is 91.8 Å². The summed E-state index contributed by atoms with van der Waals surface area (Å²) in [5.74, 6) is -2.47. The minimum absolute atomic E-state index is 0.0350. The number of fused-ring (bicyclic) bond motifs is 2. The smallest absolute Gasteiger partial charge is 0.408 e. The fourth-order valence-corrected chi connectivity index (χ4v) is 6.82. The highest BCUT2D eigenvalue weighted by molar-refractivity contribution is 5.69. The Kier molecular flexibility index (Phi) is 13.5. The van der Waals surface area contributed by atoms with Gasteiger partial charge in [0.1, 0.15) is 30.4 Å². The van der Waals surface area contributed by atoms with Crippen LogP contribution in [-0.2, 0) is 4.74 Å². The third-order valence-corrected chi connectivity index (χ3v) is 8.82. The zero-order valence-corrected chi connectivity index (χ0v) is 34.8. The molecule has 0 spiro atoms. The number of nitrogens with one attached hydrogen (secondary N) is 1. The van der Waals surface area contributed by atoms with Crippen LogP contribution in [-0.4, -0.2) is 65.2 Å². The Morgan fingerprint density at radius 2 is 1.14 bits per heavy atom. The quantitative estimate of drug-likeness (QED) is 0.109. The van der Waals surface area contributed by atoms with Crippen LogP contribution in [0.15, 0.2) is 73.3 Å². The van der Waals surface area contributed by atoms with E-state index in [0.29, 0.717) is 41.4 Å². The summed E-state index contributed by atoms with van der Waals surface area (Å²) in [5.41, 5.74) is 5.99. The lowest BCUT2D eigenvalue weighted by Crippen LogP contribution is -2.52. The molecule has 1 amide bonds. The predicted molar refractivity (Wildman–Crippen MR) is 217 cm³/mol. The Hall–Kier alpha value is -5.77. The number of aromatic nitrogens is 6. The molecule has 316 valence electrons. The summed E-state index contributed by atoms with van der Waals surface area (Å²) < 4.78 is 78.4. The van der Waals surface area contributed by atoms with Gasteiger partial charge in [-0.05, 0) is 83.6 Å². The largest absolute Gasteiger partial charge is 0.489 e. The maximum atomic E-state index is 15.0. The summed E-state index contributed by atoms with van der Waals surface area (Å²) in [6, 6.07) is 10.7. The summed E-state index contributed by atoms with van der Waals surface area (Å²) in [6.45, 7) is 17.0. The van der Waals surface area contributed by atoms with E-state index in [9.17, 15) is 22.4 Å². The number of amides is 1. The monoisotopic (exact) mass is 820 g/mol. The van der Waals surface area contributed by atoms with Gasteiger partial charge in [-0.3, -0.25) is 0 Å². The van der Waals surface area contributed by atoms with Crippen LogP contribution >= 0.6 is 0 Å². The van der Waals surface area contributed by atoms with Gasteiger partial charge in [0.05, 0.1) is 29.3 Å². The van der Waals surface area contributed by atoms with E-state index < -0.39 is 46.0 Å². The Bertz CT molecular complexity index is 2390. The summed E-state index contributed by atoms with van der Waals surface area (Å²) in [6.07, 6.45) is 6.77. The second-order valence-electron chi connectivity index (χ2n) is 17.0. The molecule has 0 radical (unpaired) electrons. The minimum Gasteiger partial charge on any atom is -0.489 e. The SMILES string of the molecule is CC(C)C[C@@](C)(COc1cc(F)c(-c2ccnc3ccnn23)cc1F)NC(=O)OC(C)(C)C.CC(C)C[C@](C)(N)COc1cc(F)c(-c2ccnc3ccnn23)cc1F. The van der Waals surface area contributed by atoms with Crippen LogP contribution in [0, 0.1) is 35.1 Å². The highest BCUT2D eigenvalue weighted by Gasteiger charge is 2.32. The number of carbonyl (C=O) groups excluding carboxylic acids is 1.